The summed E-state index contributed by atoms with van der Waals surface area (Å²) < 4.78 is 0. The standard InChI is InChI=1S/C12H20O3/c1-3-4-5-6-7-11(14)12(15)9-8-10(2)13/h3-9H2,1-2H3. The molecule has 0 aromatic heterocycles. The van der Waals surface area contributed by atoms with Crippen LogP contribution in [0.4, 0.5) is 0 Å². The van der Waals surface area contributed by atoms with E-state index in [9.17, 15) is 14.4 Å². The zero-order chi connectivity index (χ0) is 11.7. The van der Waals surface area contributed by atoms with Crippen LogP contribution in [0.25, 0.3) is 0 Å². The predicted octanol–water partition coefficient (Wildman–Crippen LogP) is 2.46. The monoisotopic (exact) mass is 212 g/mol. The smallest absolute Gasteiger partial charge is 0.198 e. The molecule has 0 N–H and O–H groups in total. The van der Waals surface area contributed by atoms with Crippen LogP contribution in [-0.2, 0) is 14.4 Å². The lowest BCUT2D eigenvalue weighted by atomic mass is 10.0. The van der Waals surface area contributed by atoms with Crippen molar-refractivity contribution in [2.45, 2.75) is 58.8 Å². The molecule has 0 radical (unpaired) electrons. The largest absolute Gasteiger partial charge is 0.300 e. The van der Waals surface area contributed by atoms with Crippen molar-refractivity contribution in [1.82, 2.24) is 0 Å². The van der Waals surface area contributed by atoms with Crippen molar-refractivity contribution >= 4 is 17.3 Å². The summed E-state index contributed by atoms with van der Waals surface area (Å²) in [5, 5.41) is 0. The third-order valence-electron chi connectivity index (χ3n) is 2.27. The molecule has 0 bridgehead atoms. The van der Waals surface area contributed by atoms with Gasteiger partial charge in [-0.3, -0.25) is 9.59 Å². The molecule has 86 valence electrons. The number of hydrogen-bond donors (Lipinski definition) is 0. The lowest BCUT2D eigenvalue weighted by Gasteiger charge is -1.99. The van der Waals surface area contributed by atoms with Crippen LogP contribution in [0.5, 0.6) is 0 Å². The molecule has 0 saturated carbocycles. The topological polar surface area (TPSA) is 51.2 Å². The van der Waals surface area contributed by atoms with E-state index < -0.39 is 0 Å². The first-order valence-corrected chi connectivity index (χ1v) is 5.63. The molecule has 0 rings (SSSR count). The van der Waals surface area contributed by atoms with Gasteiger partial charge in [-0.15, -0.1) is 0 Å². The van der Waals surface area contributed by atoms with Gasteiger partial charge in [0.15, 0.2) is 11.6 Å². The Balaban J connectivity index is 3.60. The highest BCUT2D eigenvalue weighted by molar-refractivity contribution is 6.37. The fourth-order valence-corrected chi connectivity index (χ4v) is 1.28. The van der Waals surface area contributed by atoms with Crippen molar-refractivity contribution in [1.29, 1.82) is 0 Å². The molecule has 0 spiro atoms. The van der Waals surface area contributed by atoms with Crippen molar-refractivity contribution < 1.29 is 14.4 Å². The molecular formula is C12H20O3. The van der Waals surface area contributed by atoms with E-state index in [1.165, 1.54) is 6.92 Å². The van der Waals surface area contributed by atoms with Crippen LogP contribution in [0, 0.1) is 0 Å². The van der Waals surface area contributed by atoms with E-state index >= 15 is 0 Å². The summed E-state index contributed by atoms with van der Waals surface area (Å²) in [6.07, 6.45) is 4.64. The number of unbranched alkanes of at least 4 members (excludes halogenated alkanes) is 3. The molecule has 0 aliphatic carbocycles. The Bertz CT molecular complexity index is 231. The normalized spacial score (nSPS) is 10.0. The van der Waals surface area contributed by atoms with Gasteiger partial charge in [-0.05, 0) is 13.3 Å². The first-order chi connectivity index (χ1) is 7.07. The number of carbonyl (C=O) groups is 3. The van der Waals surface area contributed by atoms with E-state index in [0.717, 1.165) is 25.7 Å². The molecule has 0 unspecified atom stereocenters. The quantitative estimate of drug-likeness (QED) is 0.436. The van der Waals surface area contributed by atoms with Crippen LogP contribution >= 0.6 is 0 Å². The molecule has 0 aromatic carbocycles. The SMILES string of the molecule is CCCCCCC(=O)C(=O)CCC(C)=O. The van der Waals surface area contributed by atoms with E-state index in [2.05, 4.69) is 6.92 Å². The maximum Gasteiger partial charge on any atom is 0.198 e. The lowest BCUT2D eigenvalue weighted by molar-refractivity contribution is -0.137. The zero-order valence-electron chi connectivity index (χ0n) is 9.67. The minimum absolute atomic E-state index is 0.0397. The summed E-state index contributed by atoms with van der Waals surface area (Å²) >= 11 is 0. The number of hydrogen-bond acceptors (Lipinski definition) is 3. The van der Waals surface area contributed by atoms with E-state index in [1.54, 1.807) is 0 Å². The fraction of sp³-hybridized carbons (Fsp3) is 0.750. The number of rotatable bonds is 9. The molecule has 0 fully saturated rings. The van der Waals surface area contributed by atoms with Crippen molar-refractivity contribution in [2.75, 3.05) is 0 Å². The van der Waals surface area contributed by atoms with E-state index in [0.29, 0.717) is 6.42 Å². The molecule has 0 saturated heterocycles. The first-order valence-electron chi connectivity index (χ1n) is 5.63. The molecule has 0 aliphatic heterocycles. The molecule has 0 aliphatic rings. The Labute approximate surface area is 91.2 Å². The van der Waals surface area contributed by atoms with Gasteiger partial charge in [0.2, 0.25) is 0 Å². The van der Waals surface area contributed by atoms with E-state index in [-0.39, 0.29) is 30.2 Å². The molecule has 3 nitrogen and oxygen atoms in total. The first kappa shape index (κ1) is 14.0. The maximum absolute atomic E-state index is 11.3. The maximum atomic E-state index is 11.3. The van der Waals surface area contributed by atoms with Gasteiger partial charge in [-0.25, -0.2) is 0 Å². The summed E-state index contributed by atoms with van der Waals surface area (Å²) in [6, 6.07) is 0. The van der Waals surface area contributed by atoms with E-state index in [1.807, 2.05) is 0 Å². The lowest BCUT2D eigenvalue weighted by Crippen LogP contribution is -2.14. The van der Waals surface area contributed by atoms with Crippen LogP contribution < -0.4 is 0 Å². The summed E-state index contributed by atoms with van der Waals surface area (Å²) in [6.45, 7) is 3.53. The Hall–Kier alpha value is -0.990. The highest BCUT2D eigenvalue weighted by atomic mass is 16.2. The highest BCUT2D eigenvalue weighted by Gasteiger charge is 2.13. The third-order valence-corrected chi connectivity index (χ3v) is 2.27. The predicted molar refractivity (Wildman–Crippen MR) is 58.7 cm³/mol. The van der Waals surface area contributed by atoms with Gasteiger partial charge in [0.05, 0.1) is 0 Å². The van der Waals surface area contributed by atoms with Gasteiger partial charge in [-0.2, -0.15) is 0 Å². The van der Waals surface area contributed by atoms with Crippen LogP contribution in [0.3, 0.4) is 0 Å². The van der Waals surface area contributed by atoms with Crippen molar-refractivity contribution in [2.24, 2.45) is 0 Å². The van der Waals surface area contributed by atoms with Crippen LogP contribution in [0.15, 0.2) is 0 Å². The van der Waals surface area contributed by atoms with Gasteiger partial charge in [-0.1, -0.05) is 26.2 Å². The number of carbonyl (C=O) groups excluding carboxylic acids is 3. The second-order valence-corrected chi connectivity index (χ2v) is 3.86. The fourth-order valence-electron chi connectivity index (χ4n) is 1.28. The Morgan fingerprint density at radius 3 is 1.93 bits per heavy atom. The minimum atomic E-state index is -0.387. The molecule has 15 heavy (non-hydrogen) atoms. The second kappa shape index (κ2) is 8.33. The molecule has 0 heterocycles. The Kier molecular flexibility index (Phi) is 7.78. The molecule has 3 heteroatoms. The average Bonchev–Trinajstić information content (AvgIpc) is 2.20. The van der Waals surface area contributed by atoms with Gasteiger partial charge < -0.3 is 4.79 Å². The highest BCUT2D eigenvalue weighted by Crippen LogP contribution is 2.05. The molecular weight excluding hydrogens is 192 g/mol. The van der Waals surface area contributed by atoms with Crippen LogP contribution in [0.1, 0.15) is 58.8 Å². The third kappa shape index (κ3) is 8.03. The molecule has 0 amide bonds. The summed E-state index contributed by atoms with van der Waals surface area (Å²) in [7, 11) is 0. The van der Waals surface area contributed by atoms with Crippen LogP contribution in [-0.4, -0.2) is 17.3 Å². The zero-order valence-corrected chi connectivity index (χ0v) is 9.67. The van der Waals surface area contributed by atoms with Crippen molar-refractivity contribution in [3.63, 3.8) is 0 Å². The van der Waals surface area contributed by atoms with Crippen LogP contribution in [0.2, 0.25) is 0 Å². The van der Waals surface area contributed by atoms with Crippen molar-refractivity contribution in [3.8, 4) is 0 Å². The molecule has 0 aromatic rings. The Morgan fingerprint density at radius 2 is 1.40 bits per heavy atom. The van der Waals surface area contributed by atoms with E-state index in [4.69, 9.17) is 0 Å². The van der Waals surface area contributed by atoms with Gasteiger partial charge in [0, 0.05) is 19.3 Å². The number of ketones is 3. The summed E-state index contributed by atoms with van der Waals surface area (Å²) in [5.74, 6) is -0.740. The Morgan fingerprint density at radius 1 is 0.800 bits per heavy atom. The summed E-state index contributed by atoms with van der Waals surface area (Å²) in [5.41, 5.74) is 0. The average molecular weight is 212 g/mol. The minimum Gasteiger partial charge on any atom is -0.300 e. The molecule has 0 atom stereocenters. The van der Waals surface area contributed by atoms with Gasteiger partial charge >= 0.3 is 0 Å². The van der Waals surface area contributed by atoms with Gasteiger partial charge in [0.1, 0.15) is 5.78 Å². The van der Waals surface area contributed by atoms with Gasteiger partial charge in [0.25, 0.3) is 0 Å². The number of Topliss-reactive ketones (excluding diaryl/α,β-unsaturated/α-hetero) is 3. The van der Waals surface area contributed by atoms with Crippen molar-refractivity contribution in [3.05, 3.63) is 0 Å². The summed E-state index contributed by atoms with van der Waals surface area (Å²) in [4.78, 5) is 33.1. The second-order valence-electron chi connectivity index (χ2n) is 3.86.